The zero-order chi connectivity index (χ0) is 14.0. The smallest absolute Gasteiger partial charge is 0.249 e. The molecule has 0 unspecified atom stereocenters. The molecule has 0 atom stereocenters. The molecule has 0 radical (unpaired) electrons. The highest BCUT2D eigenvalue weighted by Crippen LogP contribution is 2.23. The van der Waals surface area contributed by atoms with E-state index in [4.69, 9.17) is 17.3 Å². The Labute approximate surface area is 123 Å². The van der Waals surface area contributed by atoms with Crippen LogP contribution in [0.1, 0.15) is 21.5 Å². The van der Waals surface area contributed by atoms with Crippen LogP contribution in [-0.2, 0) is 6.42 Å². The van der Waals surface area contributed by atoms with Crippen molar-refractivity contribution >= 4 is 33.4 Å². The number of carbonyl (C=O) groups is 1. The number of primary amides is 1. The second kappa shape index (κ2) is 5.72. The molecule has 0 bridgehead atoms. The maximum Gasteiger partial charge on any atom is 0.249 e. The molecule has 0 aromatic heterocycles. The number of rotatable bonds is 3. The number of nitrogens with two attached hydrogens (primary N) is 1. The molecule has 2 aromatic rings. The molecule has 0 fully saturated rings. The summed E-state index contributed by atoms with van der Waals surface area (Å²) in [5.41, 5.74) is 6.52. The van der Waals surface area contributed by atoms with Gasteiger partial charge >= 0.3 is 0 Å². The van der Waals surface area contributed by atoms with Crippen LogP contribution in [0.4, 0.5) is 4.39 Å². The largest absolute Gasteiger partial charge is 0.366 e. The van der Waals surface area contributed by atoms with E-state index in [1.807, 2.05) is 24.3 Å². The Morgan fingerprint density at radius 2 is 1.89 bits per heavy atom. The fraction of sp³-hybridized carbons (Fsp3) is 0.0714. The Morgan fingerprint density at radius 3 is 2.47 bits per heavy atom. The van der Waals surface area contributed by atoms with Crippen LogP contribution < -0.4 is 5.73 Å². The van der Waals surface area contributed by atoms with E-state index in [0.29, 0.717) is 0 Å². The molecule has 98 valence electrons. The van der Waals surface area contributed by atoms with E-state index in [9.17, 15) is 9.18 Å². The van der Waals surface area contributed by atoms with E-state index in [-0.39, 0.29) is 22.6 Å². The molecule has 2 nitrogen and oxygen atoms in total. The van der Waals surface area contributed by atoms with Crippen LogP contribution in [0.25, 0.3) is 0 Å². The summed E-state index contributed by atoms with van der Waals surface area (Å²) >= 11 is 9.06. The quantitative estimate of drug-likeness (QED) is 0.902. The molecule has 1 amide bonds. The van der Waals surface area contributed by atoms with Crippen LogP contribution >= 0.6 is 27.5 Å². The SMILES string of the molecule is NC(=O)c1cc(Cl)cc(F)c1Cc1ccc(Br)cc1. The van der Waals surface area contributed by atoms with Crippen LogP contribution in [0.3, 0.4) is 0 Å². The molecule has 0 aliphatic carbocycles. The fourth-order valence-electron chi connectivity index (χ4n) is 1.81. The van der Waals surface area contributed by atoms with Crippen molar-refractivity contribution in [3.05, 3.63) is 68.4 Å². The summed E-state index contributed by atoms with van der Waals surface area (Å²) in [7, 11) is 0. The normalized spacial score (nSPS) is 10.5. The van der Waals surface area contributed by atoms with Crippen LogP contribution in [0.2, 0.25) is 5.02 Å². The standard InChI is InChI=1S/C14H10BrClFNO/c15-9-3-1-8(2-4-9)5-11-12(14(18)19)6-10(16)7-13(11)17/h1-4,6-7H,5H2,(H2,18,19). The molecule has 2 N–H and O–H groups in total. The Morgan fingerprint density at radius 1 is 1.26 bits per heavy atom. The molecule has 2 aromatic carbocycles. The van der Waals surface area contributed by atoms with Crippen molar-refractivity contribution in [3.63, 3.8) is 0 Å². The van der Waals surface area contributed by atoms with Crippen molar-refractivity contribution < 1.29 is 9.18 Å². The van der Waals surface area contributed by atoms with Crippen molar-refractivity contribution in [1.82, 2.24) is 0 Å². The predicted octanol–water partition coefficient (Wildman–Crippen LogP) is 3.93. The van der Waals surface area contributed by atoms with Gasteiger partial charge in [-0.3, -0.25) is 4.79 Å². The van der Waals surface area contributed by atoms with E-state index in [0.717, 1.165) is 10.0 Å². The van der Waals surface area contributed by atoms with Crippen LogP contribution in [0.15, 0.2) is 40.9 Å². The summed E-state index contributed by atoms with van der Waals surface area (Å²) in [5.74, 6) is -1.21. The average Bonchev–Trinajstić information content (AvgIpc) is 2.34. The minimum atomic E-state index is -0.687. The Bertz CT molecular complexity index is 628. The molecular formula is C14H10BrClFNO. The summed E-state index contributed by atoms with van der Waals surface area (Å²) in [6.45, 7) is 0. The molecule has 0 saturated heterocycles. The van der Waals surface area contributed by atoms with E-state index in [2.05, 4.69) is 15.9 Å². The van der Waals surface area contributed by atoms with Gasteiger partial charge in [-0.25, -0.2) is 4.39 Å². The second-order valence-corrected chi connectivity index (χ2v) is 5.43. The molecule has 5 heteroatoms. The highest BCUT2D eigenvalue weighted by molar-refractivity contribution is 9.10. The van der Waals surface area contributed by atoms with E-state index < -0.39 is 11.7 Å². The lowest BCUT2D eigenvalue weighted by molar-refractivity contribution is 0.0999. The molecule has 2 rings (SSSR count). The lowest BCUT2D eigenvalue weighted by Gasteiger charge is -2.09. The minimum Gasteiger partial charge on any atom is -0.366 e. The van der Waals surface area contributed by atoms with Crippen LogP contribution in [0, 0.1) is 5.82 Å². The second-order valence-electron chi connectivity index (χ2n) is 4.08. The summed E-state index contributed by atoms with van der Waals surface area (Å²) in [6.07, 6.45) is 0.286. The molecule has 0 spiro atoms. The zero-order valence-corrected chi connectivity index (χ0v) is 12.1. The minimum absolute atomic E-state index is 0.118. The molecular weight excluding hydrogens is 333 g/mol. The third-order valence-electron chi connectivity index (χ3n) is 2.72. The molecule has 0 aliphatic rings. The van der Waals surface area contributed by atoms with E-state index >= 15 is 0 Å². The first-order valence-electron chi connectivity index (χ1n) is 5.49. The number of halogens is 3. The van der Waals surface area contributed by atoms with Gasteiger partial charge in [-0.05, 0) is 29.8 Å². The lowest BCUT2D eigenvalue weighted by atomic mass is 9.99. The number of benzene rings is 2. The van der Waals surface area contributed by atoms with Crippen LogP contribution in [-0.4, -0.2) is 5.91 Å². The van der Waals surface area contributed by atoms with Gasteiger partial charge in [0, 0.05) is 27.0 Å². The van der Waals surface area contributed by atoms with Gasteiger partial charge < -0.3 is 5.73 Å². The first kappa shape index (κ1) is 14.0. The molecule has 0 aliphatic heterocycles. The van der Waals surface area contributed by atoms with Gasteiger partial charge in [-0.2, -0.15) is 0 Å². The topological polar surface area (TPSA) is 43.1 Å². The third-order valence-corrected chi connectivity index (χ3v) is 3.47. The Balaban J connectivity index is 2.44. The van der Waals surface area contributed by atoms with Crippen molar-refractivity contribution in [1.29, 1.82) is 0 Å². The molecule has 19 heavy (non-hydrogen) atoms. The van der Waals surface area contributed by atoms with Gasteiger partial charge in [0.1, 0.15) is 5.82 Å². The van der Waals surface area contributed by atoms with Gasteiger partial charge in [0.05, 0.1) is 0 Å². The molecule has 0 saturated carbocycles. The summed E-state index contributed by atoms with van der Waals surface area (Å²) < 4.78 is 14.9. The molecule has 0 heterocycles. The van der Waals surface area contributed by atoms with Crippen molar-refractivity contribution in [2.45, 2.75) is 6.42 Å². The highest BCUT2D eigenvalue weighted by atomic mass is 79.9. The van der Waals surface area contributed by atoms with Crippen molar-refractivity contribution in [2.24, 2.45) is 5.73 Å². The maximum atomic E-state index is 13.9. The third kappa shape index (κ3) is 3.33. The van der Waals surface area contributed by atoms with Crippen molar-refractivity contribution in [3.8, 4) is 0 Å². The number of hydrogen-bond acceptors (Lipinski definition) is 1. The Hall–Kier alpha value is -1.39. The predicted molar refractivity (Wildman–Crippen MR) is 76.9 cm³/mol. The maximum absolute atomic E-state index is 13.9. The van der Waals surface area contributed by atoms with Gasteiger partial charge in [0.25, 0.3) is 0 Å². The zero-order valence-electron chi connectivity index (χ0n) is 9.79. The fourth-order valence-corrected chi connectivity index (χ4v) is 2.28. The summed E-state index contributed by atoms with van der Waals surface area (Å²) in [4.78, 5) is 11.4. The first-order chi connectivity index (χ1) is 8.97. The van der Waals surface area contributed by atoms with E-state index in [1.165, 1.54) is 12.1 Å². The number of hydrogen-bond donors (Lipinski definition) is 1. The lowest BCUT2D eigenvalue weighted by Crippen LogP contribution is -2.15. The van der Waals surface area contributed by atoms with Gasteiger partial charge in [-0.15, -0.1) is 0 Å². The number of amides is 1. The average molecular weight is 343 g/mol. The van der Waals surface area contributed by atoms with Crippen molar-refractivity contribution in [2.75, 3.05) is 0 Å². The van der Waals surface area contributed by atoms with Gasteiger partial charge in [0.15, 0.2) is 0 Å². The summed E-state index contributed by atoms with van der Waals surface area (Å²) in [5, 5.41) is 0.158. The Kier molecular flexibility index (Phi) is 4.22. The van der Waals surface area contributed by atoms with Gasteiger partial charge in [0.2, 0.25) is 5.91 Å². The first-order valence-corrected chi connectivity index (χ1v) is 6.66. The summed E-state index contributed by atoms with van der Waals surface area (Å²) in [6, 6.07) is 9.98. The van der Waals surface area contributed by atoms with Gasteiger partial charge in [-0.1, -0.05) is 39.7 Å². The monoisotopic (exact) mass is 341 g/mol. The van der Waals surface area contributed by atoms with Crippen LogP contribution in [0.5, 0.6) is 0 Å². The van der Waals surface area contributed by atoms with E-state index in [1.54, 1.807) is 0 Å². The highest BCUT2D eigenvalue weighted by Gasteiger charge is 2.15. The number of carbonyl (C=O) groups excluding carboxylic acids is 1.